The molecule has 1 aliphatic rings. The number of imidazole rings is 1. The molecule has 0 fully saturated rings. The highest BCUT2D eigenvalue weighted by Gasteiger charge is 2.26. The van der Waals surface area contributed by atoms with Crippen molar-refractivity contribution in [2.24, 2.45) is 0 Å². The largest absolute Gasteiger partial charge is 0.492 e. The van der Waals surface area contributed by atoms with Crippen LogP contribution in [-0.2, 0) is 6.54 Å². The maximum absolute atomic E-state index is 13.8. The van der Waals surface area contributed by atoms with Crippen molar-refractivity contribution >= 4 is 5.65 Å². The zero-order valence-electron chi connectivity index (χ0n) is 12.8. The number of halogens is 1. The molecule has 0 amide bonds. The van der Waals surface area contributed by atoms with Crippen molar-refractivity contribution in [1.82, 2.24) is 19.3 Å². The smallest absolute Gasteiger partial charge is 0.199 e. The molecule has 0 spiro atoms. The van der Waals surface area contributed by atoms with E-state index in [0.29, 0.717) is 18.8 Å². The van der Waals surface area contributed by atoms with E-state index in [4.69, 9.17) is 4.74 Å². The lowest BCUT2D eigenvalue weighted by molar-refractivity contribution is 0.155. The van der Waals surface area contributed by atoms with Crippen LogP contribution in [-0.4, -0.2) is 32.9 Å². The molecule has 4 rings (SSSR count). The lowest BCUT2D eigenvalue weighted by atomic mass is 10.1. The van der Waals surface area contributed by atoms with E-state index in [-0.39, 0.29) is 12.0 Å². The molecular weight excluding hydrogens is 295 g/mol. The Morgan fingerprint density at radius 1 is 1.35 bits per heavy atom. The molecule has 3 aromatic heterocycles. The molecule has 6 heteroatoms. The van der Waals surface area contributed by atoms with E-state index in [1.54, 1.807) is 24.5 Å². The van der Waals surface area contributed by atoms with E-state index < -0.39 is 0 Å². The molecule has 0 N–H and O–H groups in total. The Balaban J connectivity index is 1.60. The van der Waals surface area contributed by atoms with Gasteiger partial charge in [0.2, 0.25) is 0 Å². The van der Waals surface area contributed by atoms with Crippen molar-refractivity contribution in [3.05, 3.63) is 60.1 Å². The van der Waals surface area contributed by atoms with E-state index >= 15 is 0 Å². The Morgan fingerprint density at radius 2 is 2.26 bits per heavy atom. The predicted octanol–water partition coefficient (Wildman–Crippen LogP) is 2.82. The third-order valence-electron chi connectivity index (χ3n) is 4.20. The van der Waals surface area contributed by atoms with Crippen LogP contribution in [0.2, 0.25) is 0 Å². The van der Waals surface area contributed by atoms with Gasteiger partial charge in [-0.05, 0) is 31.3 Å². The molecule has 1 aliphatic heterocycles. The van der Waals surface area contributed by atoms with Gasteiger partial charge in [0.1, 0.15) is 11.4 Å². The van der Waals surface area contributed by atoms with E-state index in [0.717, 1.165) is 23.6 Å². The molecule has 1 atom stereocenters. The molecule has 0 aromatic carbocycles. The molecule has 0 aliphatic carbocycles. The van der Waals surface area contributed by atoms with Crippen molar-refractivity contribution in [3.63, 3.8) is 0 Å². The summed E-state index contributed by atoms with van der Waals surface area (Å²) in [6.07, 6.45) is 4.41. The third kappa shape index (κ3) is 2.55. The van der Waals surface area contributed by atoms with Gasteiger partial charge < -0.3 is 4.74 Å². The molecule has 23 heavy (non-hydrogen) atoms. The van der Waals surface area contributed by atoms with Gasteiger partial charge in [-0.15, -0.1) is 0 Å². The van der Waals surface area contributed by atoms with Gasteiger partial charge in [-0.1, -0.05) is 6.07 Å². The van der Waals surface area contributed by atoms with Crippen molar-refractivity contribution in [2.45, 2.75) is 19.0 Å². The number of pyridine rings is 2. The molecule has 0 saturated heterocycles. The summed E-state index contributed by atoms with van der Waals surface area (Å²) in [6.45, 7) is 1.30. The average molecular weight is 312 g/mol. The Bertz CT molecular complexity index is 847. The minimum atomic E-state index is -0.304. The molecule has 0 unspecified atom stereocenters. The molecule has 4 heterocycles. The number of ether oxygens (including phenoxy) is 1. The summed E-state index contributed by atoms with van der Waals surface area (Å²) in [5, 5.41) is 0. The molecule has 0 radical (unpaired) electrons. The first-order valence-electron chi connectivity index (χ1n) is 7.63. The zero-order chi connectivity index (χ0) is 15.8. The van der Waals surface area contributed by atoms with Crippen molar-refractivity contribution in [3.8, 4) is 5.75 Å². The van der Waals surface area contributed by atoms with Crippen LogP contribution in [0, 0.1) is 5.95 Å². The fourth-order valence-electron chi connectivity index (χ4n) is 3.09. The summed E-state index contributed by atoms with van der Waals surface area (Å²) < 4.78 is 20.9. The van der Waals surface area contributed by atoms with Crippen LogP contribution in [0.3, 0.4) is 0 Å². The number of rotatable bonds is 3. The van der Waals surface area contributed by atoms with E-state index in [9.17, 15) is 4.39 Å². The van der Waals surface area contributed by atoms with Crippen LogP contribution >= 0.6 is 0 Å². The molecule has 0 bridgehead atoms. The lowest BCUT2D eigenvalue weighted by Gasteiger charge is -2.31. The predicted molar refractivity (Wildman–Crippen MR) is 83.7 cm³/mol. The first kappa shape index (κ1) is 14.1. The summed E-state index contributed by atoms with van der Waals surface area (Å²) in [7, 11) is 2.04. The van der Waals surface area contributed by atoms with Gasteiger partial charge in [-0.3, -0.25) is 14.3 Å². The Labute approximate surface area is 133 Å². The minimum Gasteiger partial charge on any atom is -0.492 e. The Morgan fingerprint density at radius 3 is 3.13 bits per heavy atom. The summed E-state index contributed by atoms with van der Waals surface area (Å²) >= 11 is 0. The molecule has 0 saturated carbocycles. The molecule has 118 valence electrons. The van der Waals surface area contributed by atoms with Gasteiger partial charge in [0.15, 0.2) is 5.95 Å². The van der Waals surface area contributed by atoms with E-state index in [1.165, 1.54) is 10.5 Å². The van der Waals surface area contributed by atoms with Gasteiger partial charge in [0, 0.05) is 25.4 Å². The fourth-order valence-corrected chi connectivity index (χ4v) is 3.09. The number of aromatic nitrogens is 3. The summed E-state index contributed by atoms with van der Waals surface area (Å²) in [5.74, 6) is 0.540. The first-order chi connectivity index (χ1) is 11.2. The van der Waals surface area contributed by atoms with E-state index in [2.05, 4.69) is 14.9 Å². The second kappa shape index (κ2) is 5.62. The highest BCUT2D eigenvalue weighted by molar-refractivity contribution is 5.40. The second-order valence-electron chi connectivity index (χ2n) is 5.76. The van der Waals surface area contributed by atoms with Crippen LogP contribution in [0.15, 0.2) is 42.7 Å². The fraction of sp³-hybridized carbons (Fsp3) is 0.294. The standard InChI is InChI=1S/C17H17FN4O/c1-21(13-7-9-23-14-4-3-8-19-17(13)14)10-12-11-22-15(18)5-2-6-16(22)20-12/h2-6,8,11,13H,7,9-10H2,1H3/t13-/m1/s1. The first-order valence-corrected chi connectivity index (χ1v) is 7.63. The minimum absolute atomic E-state index is 0.176. The highest BCUT2D eigenvalue weighted by Crippen LogP contribution is 2.33. The van der Waals surface area contributed by atoms with E-state index in [1.807, 2.05) is 19.2 Å². The zero-order valence-corrected chi connectivity index (χ0v) is 12.8. The van der Waals surface area contributed by atoms with Crippen molar-refractivity contribution in [1.29, 1.82) is 0 Å². The average Bonchev–Trinajstić information content (AvgIpc) is 2.98. The Hall–Kier alpha value is -2.47. The number of hydrogen-bond donors (Lipinski definition) is 0. The van der Waals surface area contributed by atoms with Crippen molar-refractivity contribution < 1.29 is 9.13 Å². The summed E-state index contributed by atoms with van der Waals surface area (Å²) in [5.41, 5.74) is 2.41. The van der Waals surface area contributed by atoms with Crippen molar-refractivity contribution in [2.75, 3.05) is 13.7 Å². The number of fused-ring (bicyclic) bond motifs is 2. The highest BCUT2D eigenvalue weighted by atomic mass is 19.1. The topological polar surface area (TPSA) is 42.7 Å². The van der Waals surface area contributed by atoms with Gasteiger partial charge >= 0.3 is 0 Å². The van der Waals surface area contributed by atoms with Crippen LogP contribution in [0.4, 0.5) is 4.39 Å². The maximum atomic E-state index is 13.8. The monoisotopic (exact) mass is 312 g/mol. The SMILES string of the molecule is CN(Cc1cn2c(F)cccc2n1)[C@@H]1CCOc2cccnc21. The van der Waals surface area contributed by atoms with Crippen LogP contribution < -0.4 is 4.74 Å². The number of nitrogens with zero attached hydrogens (tertiary/aromatic N) is 4. The molecule has 3 aromatic rings. The van der Waals surface area contributed by atoms with Crippen LogP contribution in [0.25, 0.3) is 5.65 Å². The maximum Gasteiger partial charge on any atom is 0.199 e. The number of hydrogen-bond acceptors (Lipinski definition) is 4. The van der Waals surface area contributed by atoms with Crippen LogP contribution in [0.1, 0.15) is 23.9 Å². The van der Waals surface area contributed by atoms with Crippen LogP contribution in [0.5, 0.6) is 5.75 Å². The lowest BCUT2D eigenvalue weighted by Crippen LogP contribution is -2.29. The van der Waals surface area contributed by atoms with Gasteiger partial charge in [0.25, 0.3) is 0 Å². The third-order valence-corrected chi connectivity index (χ3v) is 4.20. The summed E-state index contributed by atoms with van der Waals surface area (Å²) in [4.78, 5) is 11.2. The normalized spacial score (nSPS) is 17.3. The van der Waals surface area contributed by atoms with Gasteiger partial charge in [-0.2, -0.15) is 4.39 Å². The Kier molecular flexibility index (Phi) is 3.46. The molecular formula is C17H17FN4O. The second-order valence-corrected chi connectivity index (χ2v) is 5.76. The van der Waals surface area contributed by atoms with Gasteiger partial charge in [0.05, 0.1) is 24.0 Å². The quantitative estimate of drug-likeness (QED) is 0.698. The summed E-state index contributed by atoms with van der Waals surface area (Å²) in [6, 6.07) is 8.91. The molecule has 5 nitrogen and oxygen atoms in total. The van der Waals surface area contributed by atoms with Gasteiger partial charge in [-0.25, -0.2) is 4.98 Å².